The third-order valence-electron chi connectivity index (χ3n) is 2.08. The highest BCUT2D eigenvalue weighted by atomic mass is 35.5. The first-order valence-corrected chi connectivity index (χ1v) is 5.20. The van der Waals surface area contributed by atoms with Crippen molar-refractivity contribution in [2.24, 2.45) is 4.99 Å². The van der Waals surface area contributed by atoms with Crippen molar-refractivity contribution in [3.8, 4) is 5.75 Å². The molecule has 2 rings (SSSR count). The van der Waals surface area contributed by atoms with E-state index < -0.39 is 0 Å². The molecule has 0 aromatic heterocycles. The summed E-state index contributed by atoms with van der Waals surface area (Å²) in [5.74, 6) is 0.253. The first-order valence-electron chi connectivity index (χ1n) is 4.83. The Bertz CT molecular complexity index is 441. The summed E-state index contributed by atoms with van der Waals surface area (Å²) in [4.78, 5) is 4.28. The van der Waals surface area contributed by atoms with Crippen molar-refractivity contribution in [3.05, 3.63) is 59.1 Å². The van der Waals surface area contributed by atoms with E-state index in [0.717, 1.165) is 11.3 Å². The van der Waals surface area contributed by atoms with Gasteiger partial charge in [-0.15, -0.1) is 0 Å². The van der Waals surface area contributed by atoms with E-state index in [1.165, 1.54) is 0 Å². The number of phenolic OH excluding ortho intramolecular Hbond substituents is 1. The van der Waals surface area contributed by atoms with E-state index in [4.69, 9.17) is 16.7 Å². The highest BCUT2D eigenvalue weighted by Gasteiger charge is 1.90. The number of hydrogen-bond acceptors (Lipinski definition) is 2. The van der Waals surface area contributed by atoms with E-state index in [0.29, 0.717) is 5.02 Å². The van der Waals surface area contributed by atoms with Crippen molar-refractivity contribution < 1.29 is 5.11 Å². The van der Waals surface area contributed by atoms with Crippen LogP contribution in [0.15, 0.2) is 53.5 Å². The van der Waals surface area contributed by atoms with Crippen LogP contribution in [-0.4, -0.2) is 11.3 Å². The number of benzene rings is 2. The van der Waals surface area contributed by atoms with E-state index in [1.807, 2.05) is 12.1 Å². The topological polar surface area (TPSA) is 32.6 Å². The van der Waals surface area contributed by atoms with Crippen LogP contribution in [0.5, 0.6) is 5.75 Å². The maximum atomic E-state index is 9.11. The summed E-state index contributed by atoms with van der Waals surface area (Å²) in [6.07, 6.45) is 1.74. The van der Waals surface area contributed by atoms with Crippen LogP contribution < -0.4 is 0 Å². The van der Waals surface area contributed by atoms with Crippen LogP contribution in [0.1, 0.15) is 5.56 Å². The fraction of sp³-hybridized carbons (Fsp3) is 0. The molecule has 3 heteroatoms. The van der Waals surface area contributed by atoms with Crippen LogP contribution in [0.3, 0.4) is 0 Å². The fourth-order valence-electron chi connectivity index (χ4n) is 1.24. The Balaban J connectivity index is 2.15. The molecule has 0 bridgehead atoms. The van der Waals surface area contributed by atoms with Gasteiger partial charge in [0.25, 0.3) is 0 Å². The molecule has 0 heterocycles. The number of rotatable bonds is 2. The molecule has 0 saturated carbocycles. The van der Waals surface area contributed by atoms with Gasteiger partial charge in [0.1, 0.15) is 5.75 Å². The monoisotopic (exact) mass is 231 g/mol. The second-order valence-corrected chi connectivity index (χ2v) is 3.76. The zero-order valence-electron chi connectivity index (χ0n) is 8.47. The summed E-state index contributed by atoms with van der Waals surface area (Å²) in [7, 11) is 0. The van der Waals surface area contributed by atoms with E-state index in [2.05, 4.69) is 4.99 Å². The van der Waals surface area contributed by atoms with Crippen molar-refractivity contribution in [2.45, 2.75) is 0 Å². The number of halogens is 1. The summed E-state index contributed by atoms with van der Waals surface area (Å²) >= 11 is 5.77. The average Bonchev–Trinajstić information content (AvgIpc) is 2.30. The second-order valence-electron chi connectivity index (χ2n) is 3.33. The van der Waals surface area contributed by atoms with Gasteiger partial charge in [0.2, 0.25) is 0 Å². The Morgan fingerprint density at radius 1 is 0.938 bits per heavy atom. The van der Waals surface area contributed by atoms with Gasteiger partial charge in [-0.2, -0.15) is 0 Å². The zero-order valence-corrected chi connectivity index (χ0v) is 9.22. The van der Waals surface area contributed by atoms with Crippen molar-refractivity contribution in [1.29, 1.82) is 0 Å². The second kappa shape index (κ2) is 4.81. The molecule has 0 aliphatic heterocycles. The van der Waals surface area contributed by atoms with E-state index in [-0.39, 0.29) is 5.75 Å². The van der Waals surface area contributed by atoms with Crippen molar-refractivity contribution >= 4 is 23.5 Å². The number of aliphatic imine (C=N–C) groups is 1. The van der Waals surface area contributed by atoms with Crippen LogP contribution >= 0.6 is 11.6 Å². The van der Waals surface area contributed by atoms with Crippen molar-refractivity contribution in [1.82, 2.24) is 0 Å². The van der Waals surface area contributed by atoms with E-state index in [1.54, 1.807) is 42.6 Å². The van der Waals surface area contributed by atoms with Gasteiger partial charge in [0, 0.05) is 11.2 Å². The molecule has 1 N–H and O–H groups in total. The third-order valence-corrected chi connectivity index (χ3v) is 2.33. The first-order chi connectivity index (χ1) is 7.74. The Morgan fingerprint density at radius 2 is 1.56 bits per heavy atom. The molecular formula is C13H10ClNO. The normalized spacial score (nSPS) is 10.8. The Labute approximate surface area is 98.8 Å². The minimum atomic E-state index is 0.253. The first kappa shape index (κ1) is 10.7. The molecule has 0 radical (unpaired) electrons. The summed E-state index contributed by atoms with van der Waals surface area (Å²) in [5, 5.41) is 9.81. The molecule has 16 heavy (non-hydrogen) atoms. The summed E-state index contributed by atoms with van der Waals surface area (Å²) < 4.78 is 0. The maximum absolute atomic E-state index is 9.11. The summed E-state index contributed by atoms with van der Waals surface area (Å²) in [5.41, 5.74) is 1.78. The van der Waals surface area contributed by atoms with E-state index in [9.17, 15) is 0 Å². The lowest BCUT2D eigenvalue weighted by Gasteiger charge is -1.95. The van der Waals surface area contributed by atoms with Crippen molar-refractivity contribution in [2.75, 3.05) is 0 Å². The lowest BCUT2D eigenvalue weighted by molar-refractivity contribution is 0.475. The fourth-order valence-corrected chi connectivity index (χ4v) is 1.36. The SMILES string of the molecule is Oc1ccc(C=Nc2ccc(Cl)cc2)cc1. The molecule has 0 amide bonds. The molecule has 2 aromatic rings. The number of aromatic hydroxyl groups is 1. The third kappa shape index (κ3) is 2.84. The number of nitrogens with zero attached hydrogens (tertiary/aromatic N) is 1. The predicted octanol–water partition coefficient (Wildman–Crippen LogP) is 3.80. The molecule has 0 atom stereocenters. The molecular weight excluding hydrogens is 222 g/mol. The van der Waals surface area contributed by atoms with Gasteiger partial charge in [-0.25, -0.2) is 0 Å². The average molecular weight is 232 g/mol. The van der Waals surface area contributed by atoms with Gasteiger partial charge >= 0.3 is 0 Å². The lowest BCUT2D eigenvalue weighted by Crippen LogP contribution is -1.78. The van der Waals surface area contributed by atoms with Gasteiger partial charge in [-0.3, -0.25) is 4.99 Å². The van der Waals surface area contributed by atoms with Gasteiger partial charge in [0.15, 0.2) is 0 Å². The van der Waals surface area contributed by atoms with Gasteiger partial charge in [-0.05, 0) is 54.1 Å². The Hall–Kier alpha value is -1.80. The zero-order chi connectivity index (χ0) is 11.4. The predicted molar refractivity (Wildman–Crippen MR) is 66.8 cm³/mol. The highest BCUT2D eigenvalue weighted by molar-refractivity contribution is 6.30. The summed E-state index contributed by atoms with van der Waals surface area (Å²) in [6, 6.07) is 14.1. The highest BCUT2D eigenvalue weighted by Crippen LogP contribution is 2.16. The molecule has 80 valence electrons. The standard InChI is InChI=1S/C13H10ClNO/c14-11-3-5-12(6-4-11)15-9-10-1-7-13(16)8-2-10/h1-9,16H. The van der Waals surface area contributed by atoms with E-state index >= 15 is 0 Å². The molecule has 0 fully saturated rings. The van der Waals surface area contributed by atoms with Gasteiger partial charge in [0.05, 0.1) is 5.69 Å². The maximum Gasteiger partial charge on any atom is 0.115 e. The molecule has 2 aromatic carbocycles. The lowest BCUT2D eigenvalue weighted by atomic mass is 10.2. The van der Waals surface area contributed by atoms with Crippen LogP contribution in [0.2, 0.25) is 5.02 Å². The molecule has 2 nitrogen and oxygen atoms in total. The number of phenols is 1. The smallest absolute Gasteiger partial charge is 0.115 e. The largest absolute Gasteiger partial charge is 0.508 e. The minimum absolute atomic E-state index is 0.253. The number of hydrogen-bond donors (Lipinski definition) is 1. The molecule has 0 spiro atoms. The summed E-state index contributed by atoms with van der Waals surface area (Å²) in [6.45, 7) is 0. The van der Waals surface area contributed by atoms with Gasteiger partial charge < -0.3 is 5.11 Å². The molecule has 0 aliphatic rings. The van der Waals surface area contributed by atoms with Crippen molar-refractivity contribution in [3.63, 3.8) is 0 Å². The Kier molecular flexibility index (Phi) is 3.22. The molecule has 0 saturated heterocycles. The van der Waals surface area contributed by atoms with Crippen LogP contribution in [0.25, 0.3) is 0 Å². The quantitative estimate of drug-likeness (QED) is 0.784. The van der Waals surface area contributed by atoms with Crippen LogP contribution in [0, 0.1) is 0 Å². The van der Waals surface area contributed by atoms with Crippen LogP contribution in [-0.2, 0) is 0 Å². The molecule has 0 aliphatic carbocycles. The van der Waals surface area contributed by atoms with Crippen LogP contribution in [0.4, 0.5) is 5.69 Å². The van der Waals surface area contributed by atoms with Gasteiger partial charge in [-0.1, -0.05) is 11.6 Å². The molecule has 0 unspecified atom stereocenters. The Morgan fingerprint density at radius 3 is 2.19 bits per heavy atom. The minimum Gasteiger partial charge on any atom is -0.508 e.